The molecule has 0 heterocycles. The van der Waals surface area contributed by atoms with Crippen molar-refractivity contribution in [2.75, 3.05) is 0 Å². The molecular weight excluding hydrogens is 573 g/mol. The van der Waals surface area contributed by atoms with Crippen LogP contribution in [0.15, 0.2) is 42.5 Å². The van der Waals surface area contributed by atoms with E-state index < -0.39 is 0 Å². The number of halogens is 3. The summed E-state index contributed by atoms with van der Waals surface area (Å²) in [5.41, 5.74) is 0. The van der Waals surface area contributed by atoms with E-state index in [0.717, 1.165) is 16.5 Å². The second-order valence-electron chi connectivity index (χ2n) is 2.80. The van der Waals surface area contributed by atoms with Gasteiger partial charge in [0.05, 0.1) is 0 Å². The number of hydrogen-bond acceptors (Lipinski definition) is 0. The zero-order chi connectivity index (χ0) is 7.68. The van der Waals surface area contributed by atoms with Crippen molar-refractivity contribution in [3.63, 3.8) is 0 Å². The van der Waals surface area contributed by atoms with Gasteiger partial charge in [0, 0.05) is 0 Å². The van der Waals surface area contributed by atoms with Gasteiger partial charge in [0.25, 0.3) is 0 Å². The van der Waals surface area contributed by atoms with Gasteiger partial charge in [-0.3, -0.25) is 0 Å². The Labute approximate surface area is 144 Å². The van der Waals surface area contributed by atoms with Crippen LogP contribution < -0.4 is 4.40 Å². The molecule has 2 aromatic carbocycles. The van der Waals surface area contributed by atoms with Crippen LogP contribution in [0.25, 0.3) is 10.8 Å². The Bertz CT molecular complexity index is 385. The Morgan fingerprint density at radius 3 is 1.93 bits per heavy atom. The topological polar surface area (TPSA) is 0 Å². The Kier molecular flexibility index (Phi) is 10.9. The fraction of sp³-hybridized carbons (Fsp3) is 0. The summed E-state index contributed by atoms with van der Waals surface area (Å²) in [7, 11) is 0. The summed E-state index contributed by atoms with van der Waals surface area (Å²) >= 11 is 0.786. The summed E-state index contributed by atoms with van der Waals surface area (Å²) in [6.45, 7) is 0. The molecule has 0 radical (unpaired) electrons. The molecule has 0 fully saturated rings. The first-order valence-corrected chi connectivity index (χ1v) is 5.92. The molecule has 78 valence electrons. The van der Waals surface area contributed by atoms with Crippen molar-refractivity contribution in [2.45, 2.75) is 0 Å². The molecule has 0 spiro atoms. The number of benzene rings is 2. The minimum atomic E-state index is 0. The average Bonchev–Trinajstić information content (AvgIpc) is 2.06. The van der Waals surface area contributed by atoms with Gasteiger partial charge in [0.1, 0.15) is 0 Å². The van der Waals surface area contributed by atoms with Gasteiger partial charge in [-0.25, -0.2) is 0 Å². The van der Waals surface area contributed by atoms with Crippen LogP contribution in [0.2, 0.25) is 0 Å². The maximum atomic E-state index is 2.22. The molecule has 0 saturated carbocycles. The predicted molar refractivity (Wildman–Crippen MR) is 99.8 cm³/mol. The Hall–Kier alpha value is 1.43. The van der Waals surface area contributed by atoms with E-state index in [0.29, 0.717) is 0 Å². The van der Waals surface area contributed by atoms with Crippen molar-refractivity contribution >= 4 is 104 Å². The van der Waals surface area contributed by atoms with Crippen LogP contribution in [0.5, 0.6) is 0 Å². The Balaban J connectivity index is 0. The minimum absolute atomic E-state index is 0. The third-order valence-corrected chi connectivity index (χ3v) is 3.84. The summed E-state index contributed by atoms with van der Waals surface area (Å²) in [5, 5.41) is 2.81. The van der Waals surface area contributed by atoms with Crippen molar-refractivity contribution in [1.29, 1.82) is 0 Å². The van der Waals surface area contributed by atoms with Crippen LogP contribution in [-0.2, 0) is 0 Å². The molecular formula is C10H13GeI3. The number of hydrogen-bond donors (Lipinski definition) is 0. The van der Waals surface area contributed by atoms with Gasteiger partial charge in [0.2, 0.25) is 0 Å². The van der Waals surface area contributed by atoms with Gasteiger partial charge in [-0.2, -0.15) is 0 Å². The van der Waals surface area contributed by atoms with E-state index in [-0.39, 0.29) is 71.9 Å². The molecule has 0 saturated heterocycles. The fourth-order valence-corrected chi connectivity index (χ4v) is 2.75. The van der Waals surface area contributed by atoms with Crippen molar-refractivity contribution in [3.8, 4) is 0 Å². The van der Waals surface area contributed by atoms with Crippen LogP contribution >= 0.6 is 71.9 Å². The molecule has 0 N–H and O–H groups in total. The van der Waals surface area contributed by atoms with Crippen LogP contribution in [0.3, 0.4) is 0 Å². The van der Waals surface area contributed by atoms with Crippen molar-refractivity contribution < 1.29 is 0 Å². The van der Waals surface area contributed by atoms with Crippen LogP contribution in [0.4, 0.5) is 0 Å². The molecule has 0 aromatic heterocycles. The second kappa shape index (κ2) is 8.57. The molecule has 14 heavy (non-hydrogen) atoms. The van der Waals surface area contributed by atoms with Gasteiger partial charge in [0.15, 0.2) is 0 Å². The maximum absolute atomic E-state index is 2.22. The first kappa shape index (κ1) is 17.8. The standard InChI is InChI=1S/C10H10Ge.3HI/c11-10-7-3-5-8-4-1-2-6-9(8)10;;;/h1-7H,11H3;3*1H. The Morgan fingerprint density at radius 2 is 1.29 bits per heavy atom. The summed E-state index contributed by atoms with van der Waals surface area (Å²) in [5.74, 6) is 0. The van der Waals surface area contributed by atoms with Gasteiger partial charge in [-0.05, 0) is 0 Å². The monoisotopic (exact) mass is 588 g/mol. The summed E-state index contributed by atoms with van der Waals surface area (Å²) in [6, 6.07) is 15.1. The van der Waals surface area contributed by atoms with Crippen LogP contribution in [-0.4, -0.2) is 16.5 Å². The average molecular weight is 587 g/mol. The van der Waals surface area contributed by atoms with Gasteiger partial charge >= 0.3 is 74.1 Å². The normalized spacial score (nSPS) is 8.29. The van der Waals surface area contributed by atoms with Gasteiger partial charge in [-0.15, -0.1) is 71.9 Å². The van der Waals surface area contributed by atoms with Crippen molar-refractivity contribution in [1.82, 2.24) is 0 Å². The zero-order valence-electron chi connectivity index (χ0n) is 7.77. The molecule has 0 aliphatic carbocycles. The summed E-state index contributed by atoms with van der Waals surface area (Å²) in [6.07, 6.45) is 0. The quantitative estimate of drug-likeness (QED) is 0.329. The van der Waals surface area contributed by atoms with Crippen molar-refractivity contribution in [2.24, 2.45) is 0 Å². The number of fused-ring (bicyclic) bond motifs is 1. The predicted octanol–water partition coefficient (Wildman–Crippen LogP) is 2.68. The first-order chi connectivity index (χ1) is 5.38. The van der Waals surface area contributed by atoms with E-state index in [1.165, 1.54) is 15.2 Å². The molecule has 0 atom stereocenters. The third-order valence-electron chi connectivity index (χ3n) is 2.01. The van der Waals surface area contributed by atoms with E-state index in [1.807, 2.05) is 0 Å². The van der Waals surface area contributed by atoms with Crippen molar-refractivity contribution in [3.05, 3.63) is 42.5 Å². The van der Waals surface area contributed by atoms with E-state index in [1.54, 1.807) is 0 Å². The summed E-state index contributed by atoms with van der Waals surface area (Å²) in [4.78, 5) is 0. The molecule has 2 aromatic rings. The third kappa shape index (κ3) is 4.13. The molecule has 0 nitrogen and oxygen atoms in total. The van der Waals surface area contributed by atoms with E-state index in [9.17, 15) is 0 Å². The molecule has 0 bridgehead atoms. The molecule has 2 rings (SSSR count). The summed E-state index contributed by atoms with van der Waals surface area (Å²) < 4.78 is 1.54. The fourth-order valence-electron chi connectivity index (χ4n) is 1.39. The van der Waals surface area contributed by atoms with Crippen LogP contribution in [0.1, 0.15) is 0 Å². The molecule has 0 amide bonds. The van der Waals surface area contributed by atoms with Crippen LogP contribution in [0, 0.1) is 0 Å². The molecule has 0 aliphatic heterocycles. The van der Waals surface area contributed by atoms with Gasteiger partial charge < -0.3 is 0 Å². The van der Waals surface area contributed by atoms with E-state index >= 15 is 0 Å². The molecule has 4 heteroatoms. The SMILES string of the molecule is I.I.I.[GeH3][c]1cccc2ccccc12. The molecule has 0 unspecified atom stereocenters. The first-order valence-electron chi connectivity index (χ1n) is 3.82. The number of rotatable bonds is 0. The van der Waals surface area contributed by atoms with E-state index in [4.69, 9.17) is 0 Å². The van der Waals surface area contributed by atoms with Gasteiger partial charge in [-0.1, -0.05) is 0 Å². The Morgan fingerprint density at radius 1 is 0.714 bits per heavy atom. The zero-order valence-corrected chi connectivity index (χ0v) is 19.0. The van der Waals surface area contributed by atoms with E-state index in [2.05, 4.69) is 42.5 Å². The molecule has 0 aliphatic rings. The second-order valence-corrected chi connectivity index (χ2v) is 5.06.